The number of urea groups is 1. The highest BCUT2D eigenvalue weighted by molar-refractivity contribution is 8.45. The predicted octanol–water partition coefficient (Wildman–Crippen LogP) is 5.58. The van der Waals surface area contributed by atoms with E-state index >= 15 is 0 Å². The monoisotopic (exact) mass is 470 g/mol. The molecule has 1 fully saturated rings. The second-order valence-corrected chi connectivity index (χ2v) is 9.26. The van der Waals surface area contributed by atoms with Gasteiger partial charge in [0, 0.05) is 18.4 Å². The summed E-state index contributed by atoms with van der Waals surface area (Å²) < 4.78 is 69.3. The zero-order chi connectivity index (χ0) is 23.2. The van der Waals surface area contributed by atoms with Gasteiger partial charge in [-0.25, -0.2) is 14.6 Å². The van der Waals surface area contributed by atoms with Crippen molar-refractivity contribution >= 4 is 21.9 Å². The van der Waals surface area contributed by atoms with Crippen molar-refractivity contribution in [3.05, 3.63) is 47.1 Å². The fraction of sp³-hybridized carbons (Fsp3) is 0.389. The number of aromatic nitrogens is 2. The second kappa shape index (κ2) is 8.73. The number of hydrogen-bond donors (Lipinski definition) is 3. The lowest BCUT2D eigenvalue weighted by Gasteiger charge is -2.40. The van der Waals surface area contributed by atoms with Gasteiger partial charge in [0.2, 0.25) is 0 Å². The van der Waals surface area contributed by atoms with Gasteiger partial charge in [-0.05, 0) is 37.1 Å². The Labute approximate surface area is 175 Å². The molecule has 7 nitrogen and oxygen atoms in total. The number of ether oxygens (including phenoxy) is 1. The Hall–Kier alpha value is -2.83. The van der Waals surface area contributed by atoms with Crippen LogP contribution < -0.4 is 21.1 Å². The molecule has 1 aliphatic rings. The number of amides is 2. The number of rotatable bonds is 4. The molecule has 1 saturated carbocycles. The first-order chi connectivity index (χ1) is 14.3. The molecule has 31 heavy (non-hydrogen) atoms. The van der Waals surface area contributed by atoms with Crippen LogP contribution in [0.3, 0.4) is 0 Å². The molecule has 174 valence electrons. The van der Waals surface area contributed by atoms with Crippen LogP contribution in [-0.2, 0) is 0 Å². The van der Waals surface area contributed by atoms with Crippen LogP contribution >= 0.6 is 10.2 Å². The van der Waals surface area contributed by atoms with E-state index < -0.39 is 26.8 Å². The fourth-order valence-corrected chi connectivity index (χ4v) is 3.59. The van der Waals surface area contributed by atoms with Gasteiger partial charge in [-0.2, -0.15) is 0 Å². The van der Waals surface area contributed by atoms with Crippen LogP contribution in [0.2, 0.25) is 0 Å². The number of halogens is 5. The van der Waals surface area contributed by atoms with Crippen LogP contribution in [0, 0.1) is 0 Å². The average molecular weight is 470 g/mol. The number of carbonyl (C=O) groups excluding carboxylic acids is 1. The molecule has 2 aromatic rings. The molecule has 0 radical (unpaired) electrons. The molecule has 1 aromatic heterocycles. The Kier molecular flexibility index (Phi) is 6.88. The van der Waals surface area contributed by atoms with E-state index in [4.69, 9.17) is 4.74 Å². The van der Waals surface area contributed by atoms with Gasteiger partial charge >= 0.3 is 21.9 Å². The SMILES string of the molecule is COc1ccc(S(F)(F)(F)(F)F)cc1NC(=O)NC1CCCCC1.O=c1nccc[nH]1. The first-order valence-corrected chi connectivity index (χ1v) is 11.2. The summed E-state index contributed by atoms with van der Waals surface area (Å²) in [5, 5.41) is 4.80. The van der Waals surface area contributed by atoms with Gasteiger partial charge in [0.15, 0.2) is 0 Å². The summed E-state index contributed by atoms with van der Waals surface area (Å²) in [6.45, 7) is 0. The minimum absolute atomic E-state index is 0.0800. The number of nitrogens with one attached hydrogen (secondary N) is 3. The molecule has 2 amide bonds. The number of methoxy groups -OCH3 is 1. The minimum atomic E-state index is -9.83. The molecule has 0 aliphatic heterocycles. The second-order valence-electron chi connectivity index (χ2n) is 6.85. The number of benzene rings is 1. The number of carbonyl (C=O) groups is 1. The molecule has 1 aliphatic carbocycles. The third-order valence-electron chi connectivity index (χ3n) is 4.39. The first kappa shape index (κ1) is 24.4. The van der Waals surface area contributed by atoms with E-state index in [9.17, 15) is 29.0 Å². The molecule has 0 saturated heterocycles. The van der Waals surface area contributed by atoms with Crippen LogP contribution in [0.1, 0.15) is 32.1 Å². The smallest absolute Gasteiger partial charge is 0.344 e. The Bertz CT molecular complexity index is 946. The summed E-state index contributed by atoms with van der Waals surface area (Å²) in [6, 6.07) is 2.01. The molecule has 0 unspecified atom stereocenters. The number of hydrogen-bond acceptors (Lipinski definition) is 4. The lowest BCUT2D eigenvalue weighted by Crippen LogP contribution is -2.39. The maximum Gasteiger partial charge on any atom is 0.344 e. The third kappa shape index (κ3) is 8.07. The average Bonchev–Trinajstić information content (AvgIpc) is 2.68. The van der Waals surface area contributed by atoms with E-state index in [-0.39, 0.29) is 29.6 Å². The third-order valence-corrected chi connectivity index (χ3v) is 5.53. The number of H-pyrrole nitrogens is 1. The summed E-state index contributed by atoms with van der Waals surface area (Å²) in [7, 11) is -8.67. The molecular weight excluding hydrogens is 447 g/mol. The van der Waals surface area contributed by atoms with Crippen molar-refractivity contribution in [3.63, 3.8) is 0 Å². The quantitative estimate of drug-likeness (QED) is 0.509. The zero-order valence-electron chi connectivity index (χ0n) is 16.5. The van der Waals surface area contributed by atoms with Crippen molar-refractivity contribution in [1.82, 2.24) is 15.3 Å². The molecule has 0 spiro atoms. The minimum Gasteiger partial charge on any atom is -0.495 e. The summed E-state index contributed by atoms with van der Waals surface area (Å²) in [5.74, 6) is -0.139. The molecule has 1 aromatic carbocycles. The number of anilines is 1. The molecule has 13 heteroatoms. The van der Waals surface area contributed by atoms with Crippen molar-refractivity contribution in [2.75, 3.05) is 12.4 Å². The van der Waals surface area contributed by atoms with Gasteiger partial charge in [0.05, 0.1) is 12.8 Å². The lowest BCUT2D eigenvalue weighted by molar-refractivity contribution is 0.244. The van der Waals surface area contributed by atoms with E-state index in [1.54, 1.807) is 6.07 Å². The van der Waals surface area contributed by atoms with E-state index in [0.29, 0.717) is 0 Å². The van der Waals surface area contributed by atoms with Crippen molar-refractivity contribution < 1.29 is 29.0 Å². The van der Waals surface area contributed by atoms with E-state index in [1.807, 2.05) is 0 Å². The number of nitrogens with zero attached hydrogens (tertiary/aromatic N) is 1. The van der Waals surface area contributed by atoms with Gasteiger partial charge in [-0.1, -0.05) is 38.7 Å². The van der Waals surface area contributed by atoms with Crippen molar-refractivity contribution in [3.8, 4) is 5.75 Å². The zero-order valence-corrected chi connectivity index (χ0v) is 17.4. The fourth-order valence-electron chi connectivity index (χ4n) is 2.93. The first-order valence-electron chi connectivity index (χ1n) is 9.28. The topological polar surface area (TPSA) is 96.1 Å². The summed E-state index contributed by atoms with van der Waals surface area (Å²) in [4.78, 5) is 25.7. The normalized spacial score (nSPS) is 16.7. The van der Waals surface area contributed by atoms with Gasteiger partial charge in [-0.3, -0.25) is 0 Å². The van der Waals surface area contributed by atoms with E-state index in [2.05, 4.69) is 20.6 Å². The Morgan fingerprint density at radius 2 is 1.84 bits per heavy atom. The highest BCUT2D eigenvalue weighted by Crippen LogP contribution is 3.02. The summed E-state index contributed by atoms with van der Waals surface area (Å²) in [5.41, 5.74) is -0.765. The van der Waals surface area contributed by atoms with E-state index in [1.165, 1.54) is 19.5 Å². The van der Waals surface area contributed by atoms with Crippen molar-refractivity contribution in [2.24, 2.45) is 0 Å². The molecular formula is C18H23F5N4O3S. The summed E-state index contributed by atoms with van der Waals surface area (Å²) >= 11 is 0. The molecule has 0 atom stereocenters. The summed E-state index contributed by atoms with van der Waals surface area (Å²) in [6.07, 6.45) is 7.50. The van der Waals surface area contributed by atoms with Gasteiger partial charge in [-0.15, -0.1) is 0 Å². The largest absolute Gasteiger partial charge is 0.495 e. The lowest BCUT2D eigenvalue weighted by atomic mass is 9.96. The molecule has 3 rings (SSSR count). The van der Waals surface area contributed by atoms with Crippen LogP contribution in [0.4, 0.5) is 29.9 Å². The van der Waals surface area contributed by atoms with Crippen LogP contribution in [-0.4, -0.2) is 29.2 Å². The Morgan fingerprint density at radius 3 is 2.32 bits per heavy atom. The van der Waals surface area contributed by atoms with E-state index in [0.717, 1.165) is 38.2 Å². The highest BCUT2D eigenvalue weighted by Gasteiger charge is 2.65. The highest BCUT2D eigenvalue weighted by atomic mass is 32.5. The van der Waals surface area contributed by atoms with Crippen LogP contribution in [0.25, 0.3) is 0 Å². The Morgan fingerprint density at radius 1 is 1.16 bits per heavy atom. The van der Waals surface area contributed by atoms with Crippen LogP contribution in [0.5, 0.6) is 5.75 Å². The standard InChI is InChI=1S/C14H19F5N2O2S.C4H4N2O/c1-23-13-8-7-11(24(15,16,17,18)19)9-12(13)21-14(22)20-10-5-3-2-4-6-10;7-4-5-2-1-3-6-4/h7-10H,2-6H2,1H3,(H2,20,21,22);1-3H,(H,5,6,7). The van der Waals surface area contributed by atoms with Crippen LogP contribution in [0.15, 0.2) is 46.3 Å². The maximum absolute atomic E-state index is 12.9. The predicted molar refractivity (Wildman–Crippen MR) is 108 cm³/mol. The van der Waals surface area contributed by atoms with Gasteiger partial charge < -0.3 is 20.4 Å². The van der Waals surface area contributed by atoms with Crippen molar-refractivity contribution in [2.45, 2.75) is 43.0 Å². The maximum atomic E-state index is 12.9. The Balaban J connectivity index is 0.000000412. The van der Waals surface area contributed by atoms with Gasteiger partial charge in [0.25, 0.3) is 0 Å². The molecule has 0 bridgehead atoms. The van der Waals surface area contributed by atoms with Gasteiger partial charge in [0.1, 0.15) is 10.6 Å². The number of aromatic amines is 1. The van der Waals surface area contributed by atoms with Crippen molar-refractivity contribution in [1.29, 1.82) is 0 Å². The molecule has 3 N–H and O–H groups in total. The molecule has 1 heterocycles.